The first-order chi connectivity index (χ1) is 12.0. The third-order valence-electron chi connectivity index (χ3n) is 4.32. The van der Waals surface area contributed by atoms with E-state index >= 15 is 0 Å². The monoisotopic (exact) mass is 373 g/mol. The number of hydrogen-bond acceptors (Lipinski definition) is 5. The Kier molecular flexibility index (Phi) is 7.89. The lowest BCUT2D eigenvalue weighted by Crippen LogP contribution is -2.47. The molecule has 1 aliphatic heterocycles. The quantitative estimate of drug-likeness (QED) is 0.678. The van der Waals surface area contributed by atoms with Gasteiger partial charge in [0.15, 0.2) is 0 Å². The highest BCUT2D eigenvalue weighted by Gasteiger charge is 2.28. The summed E-state index contributed by atoms with van der Waals surface area (Å²) in [6.07, 6.45) is 1.59. The van der Waals surface area contributed by atoms with Crippen LogP contribution in [0.5, 0.6) is 0 Å². The zero-order chi connectivity index (χ0) is 18.3. The highest BCUT2D eigenvalue weighted by molar-refractivity contribution is 7.87. The largest absolute Gasteiger partial charge is 0.465 e. The Morgan fingerprint density at radius 3 is 2.36 bits per heavy atom. The second-order valence-electron chi connectivity index (χ2n) is 6.37. The first-order valence-electron chi connectivity index (χ1n) is 9.10. The third-order valence-corrected chi connectivity index (χ3v) is 5.90. The minimum absolute atomic E-state index is 0.127. The highest BCUT2D eigenvalue weighted by Crippen LogP contribution is 2.23. The van der Waals surface area contributed by atoms with E-state index in [-0.39, 0.29) is 6.04 Å². The summed E-state index contributed by atoms with van der Waals surface area (Å²) in [7, 11) is -3.50. The van der Waals surface area contributed by atoms with Gasteiger partial charge in [-0.3, -0.25) is 4.90 Å². The molecule has 1 aromatic heterocycles. The standard InChI is InChI=1S/C17H31N3O4S/c1-4-8-20(9-5-2)25(21,22)18-14-16(17-7-6-15(3)24-17)19-10-12-23-13-11-19/h6-7,16,18H,4-5,8-14H2,1-3H3. The highest BCUT2D eigenvalue weighted by atomic mass is 32.2. The summed E-state index contributed by atoms with van der Waals surface area (Å²) in [6.45, 7) is 10.1. The van der Waals surface area contributed by atoms with Crippen LogP contribution < -0.4 is 4.72 Å². The molecule has 0 radical (unpaired) electrons. The van der Waals surface area contributed by atoms with Crippen LogP contribution in [0.3, 0.4) is 0 Å². The molecule has 1 unspecified atom stereocenters. The first-order valence-corrected chi connectivity index (χ1v) is 10.5. The molecule has 0 bridgehead atoms. The van der Waals surface area contributed by atoms with Crippen molar-refractivity contribution in [2.45, 2.75) is 39.7 Å². The van der Waals surface area contributed by atoms with Gasteiger partial charge in [-0.15, -0.1) is 0 Å². The predicted molar refractivity (Wildman–Crippen MR) is 97.7 cm³/mol. The lowest BCUT2D eigenvalue weighted by molar-refractivity contribution is 0.0126. The number of rotatable bonds is 10. The van der Waals surface area contributed by atoms with Crippen molar-refractivity contribution < 1.29 is 17.6 Å². The molecule has 0 aliphatic carbocycles. The summed E-state index contributed by atoms with van der Waals surface area (Å²) < 4.78 is 40.9. The molecule has 2 rings (SSSR count). The first kappa shape index (κ1) is 20.4. The zero-order valence-electron chi connectivity index (χ0n) is 15.5. The lowest BCUT2D eigenvalue weighted by atomic mass is 10.2. The molecule has 2 heterocycles. The Balaban J connectivity index is 2.10. The Labute approximate surface area is 151 Å². The van der Waals surface area contributed by atoms with Gasteiger partial charge in [-0.2, -0.15) is 12.7 Å². The van der Waals surface area contributed by atoms with Crippen molar-refractivity contribution in [3.63, 3.8) is 0 Å². The number of aryl methyl sites for hydroxylation is 1. The smallest absolute Gasteiger partial charge is 0.279 e. The molecule has 144 valence electrons. The van der Waals surface area contributed by atoms with Crippen molar-refractivity contribution >= 4 is 10.2 Å². The van der Waals surface area contributed by atoms with Crippen LogP contribution in [-0.2, 0) is 14.9 Å². The van der Waals surface area contributed by atoms with Gasteiger partial charge in [0.25, 0.3) is 10.2 Å². The molecule has 0 saturated carbocycles. The lowest BCUT2D eigenvalue weighted by Gasteiger charge is -2.34. The number of nitrogens with one attached hydrogen (secondary N) is 1. The van der Waals surface area contributed by atoms with Crippen molar-refractivity contribution in [3.05, 3.63) is 23.7 Å². The molecule has 0 amide bonds. The van der Waals surface area contributed by atoms with Gasteiger partial charge in [0.05, 0.1) is 19.3 Å². The molecule has 1 saturated heterocycles. The van der Waals surface area contributed by atoms with Crippen LogP contribution in [0, 0.1) is 6.92 Å². The number of hydrogen-bond donors (Lipinski definition) is 1. The molecule has 7 nitrogen and oxygen atoms in total. The van der Waals surface area contributed by atoms with Gasteiger partial charge in [0.2, 0.25) is 0 Å². The van der Waals surface area contributed by atoms with E-state index in [1.807, 2.05) is 32.9 Å². The third kappa shape index (κ3) is 5.79. The van der Waals surface area contributed by atoms with Crippen LogP contribution in [0.4, 0.5) is 0 Å². The second kappa shape index (κ2) is 9.68. The van der Waals surface area contributed by atoms with Crippen LogP contribution in [0.15, 0.2) is 16.5 Å². The molecule has 1 aromatic rings. The van der Waals surface area contributed by atoms with Crippen molar-refractivity contribution in [2.24, 2.45) is 0 Å². The molecule has 0 spiro atoms. The normalized spacial score (nSPS) is 17.9. The van der Waals surface area contributed by atoms with Gasteiger partial charge in [0.1, 0.15) is 11.5 Å². The predicted octanol–water partition coefficient (Wildman–Crippen LogP) is 1.92. The van der Waals surface area contributed by atoms with Crippen LogP contribution in [0.1, 0.15) is 44.3 Å². The molecule has 1 fully saturated rings. The molecule has 25 heavy (non-hydrogen) atoms. The molecule has 0 aromatic carbocycles. The van der Waals surface area contributed by atoms with Gasteiger partial charge in [-0.1, -0.05) is 13.8 Å². The summed E-state index contributed by atoms with van der Waals surface area (Å²) in [6, 6.07) is 3.72. The maximum atomic E-state index is 12.7. The topological polar surface area (TPSA) is 75.0 Å². The number of furan rings is 1. The zero-order valence-corrected chi connectivity index (χ0v) is 16.3. The van der Waals surface area contributed by atoms with E-state index in [2.05, 4.69) is 9.62 Å². The van der Waals surface area contributed by atoms with Crippen molar-refractivity contribution in [1.82, 2.24) is 13.9 Å². The molecule has 1 N–H and O–H groups in total. The maximum absolute atomic E-state index is 12.7. The van der Waals surface area contributed by atoms with Gasteiger partial charge in [0, 0.05) is 32.7 Å². The average Bonchev–Trinajstić information content (AvgIpc) is 3.02. The van der Waals surface area contributed by atoms with E-state index in [4.69, 9.17) is 9.15 Å². The molecule has 1 aliphatic rings. The Morgan fingerprint density at radius 1 is 1.20 bits per heavy atom. The molecule has 1 atom stereocenters. The molecular formula is C17H31N3O4S. The van der Waals surface area contributed by atoms with Crippen molar-refractivity contribution in [2.75, 3.05) is 45.9 Å². The summed E-state index contributed by atoms with van der Waals surface area (Å²) in [5.41, 5.74) is 0. The van der Waals surface area contributed by atoms with E-state index in [0.29, 0.717) is 32.8 Å². The van der Waals surface area contributed by atoms with Gasteiger partial charge in [-0.25, -0.2) is 4.72 Å². The second-order valence-corrected chi connectivity index (χ2v) is 8.12. The van der Waals surface area contributed by atoms with Gasteiger partial charge in [-0.05, 0) is 31.9 Å². The Bertz CT molecular complexity index is 605. The summed E-state index contributed by atoms with van der Waals surface area (Å²) in [5, 5.41) is 0. The molecular weight excluding hydrogens is 342 g/mol. The van der Waals surface area contributed by atoms with E-state index in [9.17, 15) is 8.42 Å². The number of ether oxygens (including phenoxy) is 1. The van der Waals surface area contributed by atoms with E-state index < -0.39 is 10.2 Å². The van der Waals surface area contributed by atoms with Crippen LogP contribution in [0.25, 0.3) is 0 Å². The number of nitrogens with zero attached hydrogens (tertiary/aromatic N) is 2. The fourth-order valence-corrected chi connectivity index (χ4v) is 4.45. The number of morpholine rings is 1. The fourth-order valence-electron chi connectivity index (χ4n) is 3.06. The minimum atomic E-state index is -3.50. The Hall–Kier alpha value is -0.930. The van der Waals surface area contributed by atoms with Gasteiger partial charge >= 0.3 is 0 Å². The fraction of sp³-hybridized carbons (Fsp3) is 0.765. The minimum Gasteiger partial charge on any atom is -0.465 e. The molecule has 8 heteroatoms. The Morgan fingerprint density at radius 2 is 1.84 bits per heavy atom. The summed E-state index contributed by atoms with van der Waals surface area (Å²) in [5.74, 6) is 1.62. The average molecular weight is 374 g/mol. The summed E-state index contributed by atoms with van der Waals surface area (Å²) >= 11 is 0. The van der Waals surface area contributed by atoms with E-state index in [1.165, 1.54) is 4.31 Å². The SMILES string of the molecule is CCCN(CCC)S(=O)(=O)NCC(c1ccc(C)o1)N1CCOCC1. The van der Waals surface area contributed by atoms with E-state index in [1.54, 1.807) is 0 Å². The maximum Gasteiger partial charge on any atom is 0.279 e. The van der Waals surface area contributed by atoms with E-state index in [0.717, 1.165) is 37.5 Å². The van der Waals surface area contributed by atoms with Crippen molar-refractivity contribution in [3.8, 4) is 0 Å². The van der Waals surface area contributed by atoms with Crippen molar-refractivity contribution in [1.29, 1.82) is 0 Å². The summed E-state index contributed by atoms with van der Waals surface area (Å²) in [4.78, 5) is 2.22. The van der Waals surface area contributed by atoms with Gasteiger partial charge < -0.3 is 9.15 Å². The van der Waals surface area contributed by atoms with Crippen LogP contribution in [-0.4, -0.2) is 63.6 Å². The van der Waals surface area contributed by atoms with Crippen LogP contribution >= 0.6 is 0 Å². The van der Waals surface area contributed by atoms with Crippen LogP contribution in [0.2, 0.25) is 0 Å².